The number of hydrogen-bond donors (Lipinski definition) is 2. The molecule has 186 valence electrons. The Morgan fingerprint density at radius 1 is 1.09 bits per heavy atom. The lowest BCUT2D eigenvalue weighted by Crippen LogP contribution is -2.54. The molecule has 34 heavy (non-hydrogen) atoms. The maximum atomic E-state index is 13.2. The van der Waals surface area contributed by atoms with Crippen molar-refractivity contribution in [3.63, 3.8) is 0 Å². The van der Waals surface area contributed by atoms with Crippen LogP contribution < -0.4 is 11.1 Å². The fraction of sp³-hybridized carbons (Fsp3) is 0.435. The Morgan fingerprint density at radius 3 is 2.15 bits per heavy atom. The molecule has 1 aliphatic rings. The standard InChI is InChI=1S/C23H24F6N2O3/c1-14(15-9-17(22(24,25)26)11-18(10-15)23(27,28)29)33-13-21(16-5-3-2-4-6-16)8-7-19(12-31-21)34-20(30)32/h2-6,9-11,14,19,31H,7-8,12-13H2,1H3,(H2,30,32)/t14?,19-,21+/m0/s1. The summed E-state index contributed by atoms with van der Waals surface area (Å²) in [5.74, 6) is 0. The van der Waals surface area contributed by atoms with Crippen molar-refractivity contribution in [2.24, 2.45) is 5.73 Å². The largest absolute Gasteiger partial charge is 0.445 e. The first kappa shape index (κ1) is 25.8. The van der Waals surface area contributed by atoms with Crippen molar-refractivity contribution in [1.29, 1.82) is 0 Å². The van der Waals surface area contributed by atoms with Crippen molar-refractivity contribution < 1.29 is 40.6 Å². The van der Waals surface area contributed by atoms with Gasteiger partial charge in [-0.25, -0.2) is 4.79 Å². The van der Waals surface area contributed by atoms with Crippen LogP contribution in [0.15, 0.2) is 48.5 Å². The van der Waals surface area contributed by atoms with Crippen LogP contribution in [0, 0.1) is 0 Å². The number of amides is 1. The molecule has 0 radical (unpaired) electrons. The summed E-state index contributed by atoms with van der Waals surface area (Å²) in [7, 11) is 0. The molecule has 0 aliphatic carbocycles. The van der Waals surface area contributed by atoms with Crippen LogP contribution >= 0.6 is 0 Å². The van der Waals surface area contributed by atoms with E-state index in [1.165, 1.54) is 6.92 Å². The monoisotopic (exact) mass is 490 g/mol. The Kier molecular flexibility index (Phi) is 7.47. The smallest absolute Gasteiger partial charge is 0.416 e. The van der Waals surface area contributed by atoms with Crippen LogP contribution in [0.3, 0.4) is 0 Å². The second-order valence-electron chi connectivity index (χ2n) is 8.22. The van der Waals surface area contributed by atoms with Crippen molar-refractivity contribution >= 4 is 6.09 Å². The van der Waals surface area contributed by atoms with Gasteiger partial charge in [-0.2, -0.15) is 26.3 Å². The number of carbonyl (C=O) groups is 1. The van der Waals surface area contributed by atoms with E-state index < -0.39 is 47.3 Å². The van der Waals surface area contributed by atoms with E-state index in [9.17, 15) is 31.1 Å². The van der Waals surface area contributed by atoms with Crippen molar-refractivity contribution in [2.45, 2.75) is 49.9 Å². The molecular weight excluding hydrogens is 466 g/mol. The molecule has 1 saturated heterocycles. The molecular formula is C23H24F6N2O3. The SMILES string of the molecule is CC(OC[C@@]1(c2ccccc2)CC[C@H](OC(N)=O)CN1)c1cc(C(F)(F)F)cc(C(F)(F)F)c1. The number of piperidine rings is 1. The van der Waals surface area contributed by atoms with Crippen LogP contribution in [-0.4, -0.2) is 25.3 Å². The lowest BCUT2D eigenvalue weighted by atomic mass is 9.82. The minimum Gasteiger partial charge on any atom is -0.445 e. The van der Waals surface area contributed by atoms with Crippen molar-refractivity contribution in [3.8, 4) is 0 Å². The van der Waals surface area contributed by atoms with Gasteiger partial charge >= 0.3 is 18.4 Å². The lowest BCUT2D eigenvalue weighted by Gasteiger charge is -2.41. The predicted octanol–water partition coefficient (Wildman–Crippen LogP) is 5.54. The molecule has 0 bridgehead atoms. The second-order valence-corrected chi connectivity index (χ2v) is 8.22. The van der Waals surface area contributed by atoms with E-state index in [4.69, 9.17) is 15.2 Å². The summed E-state index contributed by atoms with van der Waals surface area (Å²) in [5, 5.41) is 3.26. The number of benzene rings is 2. The summed E-state index contributed by atoms with van der Waals surface area (Å²) in [6.45, 7) is 1.60. The number of alkyl halides is 6. The first-order valence-electron chi connectivity index (χ1n) is 10.5. The van der Waals surface area contributed by atoms with Crippen molar-refractivity contribution in [3.05, 3.63) is 70.8 Å². The van der Waals surface area contributed by atoms with Gasteiger partial charge in [0, 0.05) is 6.54 Å². The van der Waals surface area contributed by atoms with Gasteiger partial charge in [0.15, 0.2) is 0 Å². The van der Waals surface area contributed by atoms with E-state index in [1.54, 1.807) is 12.1 Å². The molecule has 1 unspecified atom stereocenters. The number of primary amides is 1. The van der Waals surface area contributed by atoms with Gasteiger partial charge in [-0.3, -0.25) is 0 Å². The number of hydrogen-bond acceptors (Lipinski definition) is 4. The lowest BCUT2D eigenvalue weighted by molar-refractivity contribution is -0.143. The zero-order valence-corrected chi connectivity index (χ0v) is 18.2. The number of ether oxygens (including phenoxy) is 2. The molecule has 1 aliphatic heterocycles. The quantitative estimate of drug-likeness (QED) is 0.522. The Labute approximate surface area is 192 Å². The highest BCUT2D eigenvalue weighted by Crippen LogP contribution is 2.39. The molecule has 11 heteroatoms. The van der Waals surface area contributed by atoms with E-state index in [0.717, 1.165) is 5.56 Å². The molecule has 1 fully saturated rings. The number of halogens is 6. The van der Waals surface area contributed by atoms with Gasteiger partial charge in [0.1, 0.15) is 6.10 Å². The first-order chi connectivity index (χ1) is 15.8. The second kappa shape index (κ2) is 9.83. The van der Waals surface area contributed by atoms with E-state index >= 15 is 0 Å². The highest BCUT2D eigenvalue weighted by Gasteiger charge is 2.40. The Morgan fingerprint density at radius 2 is 1.68 bits per heavy atom. The summed E-state index contributed by atoms with van der Waals surface area (Å²) < 4.78 is 90.2. The molecule has 2 aromatic carbocycles. The van der Waals surface area contributed by atoms with E-state index in [-0.39, 0.29) is 24.8 Å². The number of rotatable bonds is 6. The van der Waals surface area contributed by atoms with Gasteiger partial charge < -0.3 is 20.5 Å². The number of carbonyl (C=O) groups excluding carboxylic acids is 1. The third-order valence-corrected chi connectivity index (χ3v) is 5.83. The minimum atomic E-state index is -4.94. The molecule has 0 saturated carbocycles. The van der Waals surface area contributed by atoms with Gasteiger partial charge in [-0.05, 0) is 49.1 Å². The summed E-state index contributed by atoms with van der Waals surface area (Å²) in [4.78, 5) is 11.1. The summed E-state index contributed by atoms with van der Waals surface area (Å²) in [6, 6.07) is 10.5. The molecule has 3 atom stereocenters. The third kappa shape index (κ3) is 6.20. The third-order valence-electron chi connectivity index (χ3n) is 5.83. The summed E-state index contributed by atoms with van der Waals surface area (Å²) >= 11 is 0. The highest BCUT2D eigenvalue weighted by atomic mass is 19.4. The predicted molar refractivity (Wildman–Crippen MR) is 111 cm³/mol. The molecule has 3 rings (SSSR count). The molecule has 2 aromatic rings. The zero-order chi connectivity index (χ0) is 25.1. The maximum Gasteiger partial charge on any atom is 0.416 e. The van der Waals surface area contributed by atoms with Crippen LogP contribution in [0.25, 0.3) is 0 Å². The average molecular weight is 490 g/mol. The Hall–Kier alpha value is -2.79. The number of nitrogens with two attached hydrogens (primary N) is 1. The summed E-state index contributed by atoms with van der Waals surface area (Å²) in [5.41, 5.74) is 2.07. The number of nitrogens with one attached hydrogen (secondary N) is 1. The molecule has 0 aromatic heterocycles. The maximum absolute atomic E-state index is 13.2. The molecule has 1 heterocycles. The van der Waals surface area contributed by atoms with E-state index in [2.05, 4.69) is 5.32 Å². The molecule has 0 spiro atoms. The molecule has 3 N–H and O–H groups in total. The van der Waals surface area contributed by atoms with Gasteiger partial charge in [-0.15, -0.1) is 0 Å². The van der Waals surface area contributed by atoms with Crippen molar-refractivity contribution in [2.75, 3.05) is 13.2 Å². The van der Waals surface area contributed by atoms with Crippen LogP contribution in [0.4, 0.5) is 31.1 Å². The average Bonchev–Trinajstić information content (AvgIpc) is 2.77. The van der Waals surface area contributed by atoms with Gasteiger partial charge in [0.25, 0.3) is 0 Å². The first-order valence-corrected chi connectivity index (χ1v) is 10.5. The van der Waals surface area contributed by atoms with Crippen LogP contribution in [-0.2, 0) is 27.4 Å². The minimum absolute atomic E-state index is 0.0426. The Bertz CT molecular complexity index is 954. The fourth-order valence-electron chi connectivity index (χ4n) is 3.96. The van der Waals surface area contributed by atoms with Crippen molar-refractivity contribution in [1.82, 2.24) is 5.32 Å². The Balaban J connectivity index is 1.84. The van der Waals surface area contributed by atoms with Crippen LogP contribution in [0.1, 0.15) is 48.1 Å². The van der Waals surface area contributed by atoms with Gasteiger partial charge in [-0.1, -0.05) is 30.3 Å². The van der Waals surface area contributed by atoms with Crippen LogP contribution in [0.2, 0.25) is 0 Å². The van der Waals surface area contributed by atoms with Gasteiger partial charge in [0.05, 0.1) is 29.4 Å². The fourth-order valence-corrected chi connectivity index (χ4v) is 3.96. The summed E-state index contributed by atoms with van der Waals surface area (Å²) in [6.07, 6.45) is -11.5. The topological polar surface area (TPSA) is 73.6 Å². The zero-order valence-electron chi connectivity index (χ0n) is 18.2. The van der Waals surface area contributed by atoms with Gasteiger partial charge in [0.2, 0.25) is 0 Å². The normalized spacial score (nSPS) is 22.3. The molecule has 5 nitrogen and oxygen atoms in total. The van der Waals surface area contributed by atoms with E-state index in [0.29, 0.717) is 25.0 Å². The van der Waals surface area contributed by atoms with Crippen LogP contribution in [0.5, 0.6) is 0 Å². The highest BCUT2D eigenvalue weighted by molar-refractivity contribution is 5.64. The molecule has 1 amide bonds. The van der Waals surface area contributed by atoms with E-state index in [1.807, 2.05) is 18.2 Å².